The summed E-state index contributed by atoms with van der Waals surface area (Å²) in [6.45, 7) is 5.29. The first-order chi connectivity index (χ1) is 10.8. The first kappa shape index (κ1) is 17.4. The van der Waals surface area contributed by atoms with Gasteiger partial charge in [0.25, 0.3) is 0 Å². The van der Waals surface area contributed by atoms with Crippen molar-refractivity contribution in [1.29, 1.82) is 5.26 Å². The zero-order valence-corrected chi connectivity index (χ0v) is 14.1. The lowest BCUT2D eigenvalue weighted by Gasteiger charge is -2.32. The molecule has 23 heavy (non-hydrogen) atoms. The second-order valence-corrected chi connectivity index (χ2v) is 7.43. The number of piperazine rings is 1. The molecule has 1 fully saturated rings. The number of carbonyl (C=O) groups excluding carboxylic acids is 1. The fraction of sp³-hybridized carbons (Fsp3) is 0.467. The fourth-order valence-electron chi connectivity index (χ4n) is 2.46. The van der Waals surface area contributed by atoms with Gasteiger partial charge in [0, 0.05) is 38.8 Å². The van der Waals surface area contributed by atoms with Crippen molar-refractivity contribution in [1.82, 2.24) is 9.21 Å². The first-order valence-electron chi connectivity index (χ1n) is 7.32. The highest BCUT2D eigenvalue weighted by atomic mass is 32.2. The van der Waals surface area contributed by atoms with E-state index in [1.54, 1.807) is 12.1 Å². The van der Waals surface area contributed by atoms with Crippen LogP contribution in [0.4, 0.5) is 5.69 Å². The van der Waals surface area contributed by atoms with Crippen LogP contribution in [0, 0.1) is 18.3 Å². The molecule has 7 nitrogen and oxygen atoms in total. The SMILES string of the molecule is CC(=O)Nc1cc(S(=O)(=O)N2CCN(CC#N)CC2)ccc1C. The van der Waals surface area contributed by atoms with E-state index in [1.165, 1.54) is 17.3 Å². The molecule has 0 spiro atoms. The van der Waals surface area contributed by atoms with E-state index in [2.05, 4.69) is 11.4 Å². The molecule has 124 valence electrons. The van der Waals surface area contributed by atoms with Gasteiger partial charge >= 0.3 is 0 Å². The Bertz CT molecular complexity index is 732. The molecule has 1 aliphatic heterocycles. The summed E-state index contributed by atoms with van der Waals surface area (Å²) in [4.78, 5) is 13.3. The van der Waals surface area contributed by atoms with Gasteiger partial charge in [0.2, 0.25) is 15.9 Å². The van der Waals surface area contributed by atoms with Gasteiger partial charge in [0.1, 0.15) is 0 Å². The Morgan fingerprint density at radius 3 is 2.52 bits per heavy atom. The average Bonchev–Trinajstić information content (AvgIpc) is 2.50. The highest BCUT2D eigenvalue weighted by Crippen LogP contribution is 2.23. The van der Waals surface area contributed by atoms with Gasteiger partial charge in [-0.25, -0.2) is 8.42 Å². The Morgan fingerprint density at radius 2 is 1.96 bits per heavy atom. The number of hydrogen-bond acceptors (Lipinski definition) is 5. The van der Waals surface area contributed by atoms with Crippen molar-refractivity contribution >= 4 is 21.6 Å². The van der Waals surface area contributed by atoms with Gasteiger partial charge in [-0.1, -0.05) is 6.07 Å². The topological polar surface area (TPSA) is 93.5 Å². The molecule has 1 heterocycles. The Hall–Kier alpha value is -1.95. The third-order valence-electron chi connectivity index (χ3n) is 3.78. The van der Waals surface area contributed by atoms with Gasteiger partial charge in [-0.3, -0.25) is 9.69 Å². The summed E-state index contributed by atoms with van der Waals surface area (Å²) >= 11 is 0. The number of sulfonamides is 1. The second kappa shape index (κ2) is 7.08. The van der Waals surface area contributed by atoms with Gasteiger partial charge in [-0.15, -0.1) is 0 Å². The molecule has 0 saturated carbocycles. The smallest absolute Gasteiger partial charge is 0.243 e. The van der Waals surface area contributed by atoms with Crippen molar-refractivity contribution in [2.75, 3.05) is 38.0 Å². The Kier molecular flexibility index (Phi) is 5.36. The first-order valence-corrected chi connectivity index (χ1v) is 8.76. The molecule has 8 heteroatoms. The van der Waals surface area contributed by atoms with Gasteiger partial charge in [-0.2, -0.15) is 9.57 Å². The lowest BCUT2D eigenvalue weighted by Crippen LogP contribution is -2.48. The average molecular weight is 336 g/mol. The molecule has 0 radical (unpaired) electrons. The molecule has 0 unspecified atom stereocenters. The van der Waals surface area contributed by atoms with Gasteiger partial charge in [0.15, 0.2) is 0 Å². The zero-order chi connectivity index (χ0) is 17.0. The maximum atomic E-state index is 12.7. The standard InChI is InChI=1S/C15H20N4O3S/c1-12-3-4-14(11-15(12)17-13(2)20)23(21,22)19-9-7-18(6-5-16)8-10-19/h3-4,11H,6-10H2,1-2H3,(H,17,20). The number of benzene rings is 1. The number of anilines is 1. The van der Waals surface area contributed by atoms with Crippen LogP contribution in [0.25, 0.3) is 0 Å². The molecule has 1 aromatic carbocycles. The minimum atomic E-state index is -3.60. The van der Waals surface area contributed by atoms with Crippen molar-refractivity contribution in [3.05, 3.63) is 23.8 Å². The summed E-state index contributed by atoms with van der Waals surface area (Å²) in [6, 6.07) is 6.80. The predicted molar refractivity (Wildman–Crippen MR) is 86.3 cm³/mol. The maximum absolute atomic E-state index is 12.7. The van der Waals surface area contributed by atoms with E-state index in [0.717, 1.165) is 5.56 Å². The molecule has 1 aliphatic rings. The highest BCUT2D eigenvalue weighted by Gasteiger charge is 2.28. The van der Waals surface area contributed by atoms with Crippen LogP contribution in [-0.4, -0.2) is 56.3 Å². The van der Waals surface area contributed by atoms with Gasteiger partial charge in [0.05, 0.1) is 17.5 Å². The largest absolute Gasteiger partial charge is 0.326 e. The molecular formula is C15H20N4O3S. The van der Waals surface area contributed by atoms with E-state index >= 15 is 0 Å². The zero-order valence-electron chi connectivity index (χ0n) is 13.2. The van der Waals surface area contributed by atoms with Crippen LogP contribution in [0.1, 0.15) is 12.5 Å². The van der Waals surface area contributed by atoms with E-state index in [-0.39, 0.29) is 10.8 Å². The summed E-state index contributed by atoms with van der Waals surface area (Å²) in [6.07, 6.45) is 0. The van der Waals surface area contributed by atoms with Crippen LogP contribution in [0.5, 0.6) is 0 Å². The van der Waals surface area contributed by atoms with Crippen molar-refractivity contribution in [2.24, 2.45) is 0 Å². The lowest BCUT2D eigenvalue weighted by molar-refractivity contribution is -0.114. The van der Waals surface area contributed by atoms with E-state index in [9.17, 15) is 13.2 Å². The molecule has 2 rings (SSSR count). The summed E-state index contributed by atoms with van der Waals surface area (Å²) < 4.78 is 26.9. The van der Waals surface area contributed by atoms with Crippen LogP contribution in [0.15, 0.2) is 23.1 Å². The van der Waals surface area contributed by atoms with Crippen LogP contribution in [0.2, 0.25) is 0 Å². The molecule has 1 N–H and O–H groups in total. The van der Waals surface area contributed by atoms with Crippen molar-refractivity contribution in [3.8, 4) is 6.07 Å². The van der Waals surface area contributed by atoms with Crippen LogP contribution < -0.4 is 5.32 Å². The van der Waals surface area contributed by atoms with Crippen molar-refractivity contribution in [2.45, 2.75) is 18.7 Å². The minimum absolute atomic E-state index is 0.167. The molecular weight excluding hydrogens is 316 g/mol. The quantitative estimate of drug-likeness (QED) is 0.820. The predicted octanol–water partition coefficient (Wildman–Crippen LogP) is 0.783. The number of rotatable bonds is 4. The van der Waals surface area contributed by atoms with Crippen LogP contribution >= 0.6 is 0 Å². The number of carbonyl (C=O) groups is 1. The second-order valence-electron chi connectivity index (χ2n) is 5.50. The van der Waals surface area contributed by atoms with Crippen molar-refractivity contribution < 1.29 is 13.2 Å². The Balaban J connectivity index is 2.20. The van der Waals surface area contributed by atoms with Crippen LogP contribution in [-0.2, 0) is 14.8 Å². The number of nitrogens with one attached hydrogen (secondary N) is 1. The molecule has 1 saturated heterocycles. The van der Waals surface area contributed by atoms with Crippen molar-refractivity contribution in [3.63, 3.8) is 0 Å². The fourth-order valence-corrected chi connectivity index (χ4v) is 3.91. The van der Waals surface area contributed by atoms with E-state index in [0.29, 0.717) is 38.4 Å². The third kappa shape index (κ3) is 4.07. The highest BCUT2D eigenvalue weighted by molar-refractivity contribution is 7.89. The monoisotopic (exact) mass is 336 g/mol. The molecule has 0 bridgehead atoms. The third-order valence-corrected chi connectivity index (χ3v) is 5.68. The van der Waals surface area contributed by atoms with Gasteiger partial charge < -0.3 is 5.32 Å². The minimum Gasteiger partial charge on any atom is -0.326 e. The number of aryl methyl sites for hydroxylation is 1. The molecule has 0 aromatic heterocycles. The summed E-state index contributed by atoms with van der Waals surface area (Å²) in [5.74, 6) is -0.243. The Labute approximate surface area is 136 Å². The summed E-state index contributed by atoms with van der Waals surface area (Å²) in [7, 11) is -3.60. The number of nitriles is 1. The normalized spacial score (nSPS) is 16.7. The van der Waals surface area contributed by atoms with Gasteiger partial charge in [-0.05, 0) is 24.6 Å². The summed E-state index contributed by atoms with van der Waals surface area (Å²) in [5.41, 5.74) is 1.31. The lowest BCUT2D eigenvalue weighted by atomic mass is 10.2. The number of amides is 1. The molecule has 0 aliphatic carbocycles. The maximum Gasteiger partial charge on any atom is 0.243 e. The molecule has 1 aromatic rings. The van der Waals surface area contributed by atoms with E-state index < -0.39 is 10.0 Å². The van der Waals surface area contributed by atoms with E-state index in [4.69, 9.17) is 5.26 Å². The van der Waals surface area contributed by atoms with Crippen LogP contribution in [0.3, 0.4) is 0 Å². The molecule has 1 amide bonds. The summed E-state index contributed by atoms with van der Waals surface area (Å²) in [5, 5.41) is 11.3. The number of nitrogens with zero attached hydrogens (tertiary/aromatic N) is 3. The van der Waals surface area contributed by atoms with E-state index in [1.807, 2.05) is 11.8 Å². The Morgan fingerprint density at radius 1 is 1.30 bits per heavy atom. The number of hydrogen-bond donors (Lipinski definition) is 1. The molecule has 0 atom stereocenters.